The van der Waals surface area contributed by atoms with Gasteiger partial charge in [0, 0.05) is 18.9 Å². The van der Waals surface area contributed by atoms with Crippen molar-refractivity contribution in [1.29, 1.82) is 0 Å². The van der Waals surface area contributed by atoms with E-state index in [1.165, 1.54) is 6.07 Å². The predicted molar refractivity (Wildman–Crippen MR) is 84.7 cm³/mol. The van der Waals surface area contributed by atoms with Gasteiger partial charge in [-0.2, -0.15) is 0 Å². The molecule has 0 aliphatic carbocycles. The standard InChI is InChI=1S/C11H11Cl4OP.Li/c1-2-3-4-17-11(16)8-9(14)6(12)5-7(13)10(8)15;/h5,17H,2-4H2,1H3;. The molecule has 0 saturated carbocycles. The van der Waals surface area contributed by atoms with E-state index in [1.54, 1.807) is 0 Å². The zero-order valence-electron chi connectivity index (χ0n) is 10.1. The van der Waals surface area contributed by atoms with Crippen molar-refractivity contribution in [2.45, 2.75) is 19.8 Å². The van der Waals surface area contributed by atoms with Gasteiger partial charge in [-0.1, -0.05) is 59.7 Å². The number of carbonyl (C=O) groups excluding carboxylic acids is 1. The Bertz CT molecular complexity index is 413. The molecule has 0 N–H and O–H groups in total. The van der Waals surface area contributed by atoms with Crippen LogP contribution in [0.1, 0.15) is 30.1 Å². The molecule has 1 rings (SSSR count). The summed E-state index contributed by atoms with van der Waals surface area (Å²) in [6, 6.07) is 1.44. The summed E-state index contributed by atoms with van der Waals surface area (Å²) < 4.78 is 0. The predicted octanol–water partition coefficient (Wildman–Crippen LogP) is 5.54. The molecular formula is C11H11Cl4LiOP. The van der Waals surface area contributed by atoms with E-state index in [-0.39, 0.29) is 58.6 Å². The van der Waals surface area contributed by atoms with E-state index in [0.29, 0.717) is 0 Å². The third-order valence-corrected chi connectivity index (χ3v) is 4.90. The van der Waals surface area contributed by atoms with Crippen molar-refractivity contribution in [2.24, 2.45) is 0 Å². The Morgan fingerprint density at radius 2 is 1.67 bits per heavy atom. The maximum absolute atomic E-state index is 12.0. The number of hydrogen-bond acceptors (Lipinski definition) is 1. The Labute approximate surface area is 141 Å². The molecule has 0 spiro atoms. The Morgan fingerprint density at radius 3 is 2.11 bits per heavy atom. The Kier molecular flexibility index (Phi) is 9.64. The number of carbonyl (C=O) groups is 1. The smallest absolute Gasteiger partial charge is 0.184 e. The van der Waals surface area contributed by atoms with Crippen LogP contribution >= 0.6 is 55.0 Å². The van der Waals surface area contributed by atoms with Crippen LogP contribution in [0.2, 0.25) is 20.1 Å². The maximum atomic E-state index is 12.0. The van der Waals surface area contributed by atoms with Crippen molar-refractivity contribution in [3.05, 3.63) is 31.7 Å². The van der Waals surface area contributed by atoms with E-state index in [9.17, 15) is 4.79 Å². The van der Waals surface area contributed by atoms with Crippen molar-refractivity contribution in [1.82, 2.24) is 0 Å². The van der Waals surface area contributed by atoms with Gasteiger partial charge >= 0.3 is 0 Å². The van der Waals surface area contributed by atoms with Gasteiger partial charge in [0.15, 0.2) is 5.52 Å². The molecule has 0 saturated heterocycles. The van der Waals surface area contributed by atoms with Crippen molar-refractivity contribution >= 4 is 79.4 Å². The number of halogens is 4. The van der Waals surface area contributed by atoms with Gasteiger partial charge in [-0.05, 0) is 27.2 Å². The Morgan fingerprint density at radius 1 is 1.17 bits per heavy atom. The molecule has 1 aromatic carbocycles. The molecule has 0 aliphatic rings. The van der Waals surface area contributed by atoms with Crippen molar-refractivity contribution < 1.29 is 4.79 Å². The monoisotopic (exact) mass is 337 g/mol. The van der Waals surface area contributed by atoms with Gasteiger partial charge in [0.2, 0.25) is 0 Å². The molecule has 0 bridgehead atoms. The molecule has 18 heavy (non-hydrogen) atoms. The first-order valence-electron chi connectivity index (χ1n) is 5.10. The summed E-state index contributed by atoms with van der Waals surface area (Å²) in [6.45, 7) is 2.07. The molecular weight excluding hydrogens is 328 g/mol. The maximum Gasteiger partial charge on any atom is 0.184 e. The average Bonchev–Trinajstić information content (AvgIpc) is 2.27. The summed E-state index contributed by atoms with van der Waals surface area (Å²) in [5.74, 6) is 0. The van der Waals surface area contributed by atoms with E-state index < -0.39 is 0 Å². The van der Waals surface area contributed by atoms with Gasteiger partial charge in [0.05, 0.1) is 25.7 Å². The van der Waals surface area contributed by atoms with Gasteiger partial charge in [-0.25, -0.2) is 0 Å². The number of hydrogen-bond donors (Lipinski definition) is 0. The molecule has 1 atom stereocenters. The van der Waals surface area contributed by atoms with Crippen LogP contribution in [0, 0.1) is 0 Å². The summed E-state index contributed by atoms with van der Waals surface area (Å²) in [5.41, 5.74) is 0.165. The van der Waals surface area contributed by atoms with Crippen LogP contribution in [0.5, 0.6) is 0 Å². The van der Waals surface area contributed by atoms with Crippen LogP contribution in [-0.2, 0) is 0 Å². The molecule has 1 nitrogen and oxygen atoms in total. The van der Waals surface area contributed by atoms with Crippen molar-refractivity contribution in [3.8, 4) is 0 Å². The van der Waals surface area contributed by atoms with Crippen LogP contribution < -0.4 is 0 Å². The fourth-order valence-corrected chi connectivity index (χ4v) is 3.56. The van der Waals surface area contributed by atoms with Crippen molar-refractivity contribution in [2.75, 3.05) is 6.16 Å². The van der Waals surface area contributed by atoms with Crippen LogP contribution in [0.15, 0.2) is 6.07 Å². The summed E-state index contributed by atoms with van der Waals surface area (Å²) in [6.07, 6.45) is 2.90. The minimum atomic E-state index is -0.0853. The Balaban J connectivity index is 0.00000289. The Hall–Kier alpha value is 1.08. The third kappa shape index (κ3) is 4.88. The number of unbranched alkanes of at least 4 members (excludes halogenated alkanes) is 1. The number of rotatable bonds is 5. The van der Waals surface area contributed by atoms with Gasteiger partial charge in [-0.3, -0.25) is 4.79 Å². The van der Waals surface area contributed by atoms with Crippen molar-refractivity contribution in [3.63, 3.8) is 0 Å². The van der Waals surface area contributed by atoms with E-state index in [0.717, 1.165) is 19.0 Å². The SMILES string of the molecule is CCCCPC(=O)c1c(Cl)c(Cl)cc(Cl)c1Cl.[Li]. The molecule has 0 aromatic heterocycles. The molecule has 1 unspecified atom stereocenters. The van der Waals surface area contributed by atoms with E-state index in [4.69, 9.17) is 46.4 Å². The van der Waals surface area contributed by atoms with Gasteiger partial charge in [0.25, 0.3) is 0 Å². The van der Waals surface area contributed by atoms with Gasteiger partial charge in [0.1, 0.15) is 0 Å². The summed E-state index contributed by atoms with van der Waals surface area (Å²) in [5, 5.41) is 0.888. The first kappa shape index (κ1) is 19.1. The molecule has 1 radical (unpaired) electrons. The van der Waals surface area contributed by atoms with Gasteiger partial charge < -0.3 is 0 Å². The fourth-order valence-electron chi connectivity index (χ4n) is 1.24. The molecule has 0 heterocycles. The molecule has 0 amide bonds. The summed E-state index contributed by atoms with van der Waals surface area (Å²) in [4.78, 5) is 12.0. The van der Waals surface area contributed by atoms with Gasteiger partial charge in [-0.15, -0.1) is 0 Å². The second-order valence-corrected chi connectivity index (χ2v) is 6.33. The van der Waals surface area contributed by atoms with Crippen LogP contribution in [-0.4, -0.2) is 30.5 Å². The second-order valence-electron chi connectivity index (χ2n) is 3.45. The molecule has 1 aromatic rings. The molecule has 0 fully saturated rings. The second kappa shape index (κ2) is 9.09. The molecule has 95 valence electrons. The quantitative estimate of drug-likeness (QED) is 0.298. The molecule has 7 heteroatoms. The summed E-state index contributed by atoms with van der Waals surface area (Å²) >= 11 is 23.7. The van der Waals surface area contributed by atoms with E-state index in [2.05, 4.69) is 6.92 Å². The van der Waals surface area contributed by atoms with Crippen LogP contribution in [0.25, 0.3) is 0 Å². The van der Waals surface area contributed by atoms with Crippen LogP contribution in [0.4, 0.5) is 0 Å². The zero-order valence-corrected chi connectivity index (χ0v) is 14.1. The molecule has 0 aliphatic heterocycles. The van der Waals surface area contributed by atoms with E-state index in [1.807, 2.05) is 0 Å². The average molecular weight is 339 g/mol. The minimum absolute atomic E-state index is 0. The zero-order chi connectivity index (χ0) is 13.0. The van der Waals surface area contributed by atoms with E-state index >= 15 is 0 Å². The number of benzene rings is 1. The third-order valence-electron chi connectivity index (χ3n) is 2.15. The van der Waals surface area contributed by atoms with Crippen LogP contribution in [0.3, 0.4) is 0 Å². The normalized spacial score (nSPS) is 10.7. The summed E-state index contributed by atoms with van der Waals surface area (Å²) in [7, 11) is 0.151. The first-order chi connectivity index (χ1) is 7.99. The fraction of sp³-hybridized carbons (Fsp3) is 0.364. The largest absolute Gasteiger partial charge is 0.289 e. The minimum Gasteiger partial charge on any atom is -0.289 e. The topological polar surface area (TPSA) is 17.1 Å². The first-order valence-corrected chi connectivity index (χ1v) is 7.82.